The molecule has 1 aliphatic carbocycles. The van der Waals surface area contributed by atoms with Crippen LogP contribution in [0.5, 0.6) is 0 Å². The molecule has 0 aromatic heterocycles. The molecule has 0 amide bonds. The summed E-state index contributed by atoms with van der Waals surface area (Å²) >= 11 is 7.98. The van der Waals surface area contributed by atoms with Crippen molar-refractivity contribution in [2.45, 2.75) is 42.3 Å². The maximum atomic E-state index is 9.32. The van der Waals surface area contributed by atoms with Gasteiger partial charge in [-0.1, -0.05) is 11.6 Å². The van der Waals surface area contributed by atoms with E-state index >= 15 is 0 Å². The molecule has 1 aromatic carbocycles. The van der Waals surface area contributed by atoms with Gasteiger partial charge in [-0.25, -0.2) is 0 Å². The average molecular weight is 270 g/mol. The summed E-state index contributed by atoms with van der Waals surface area (Å²) in [6.07, 6.45) is 2.83. The number of aliphatic hydroxyl groups excluding tert-OH is 1. The lowest BCUT2D eigenvalue weighted by molar-refractivity contribution is 0.0572. The van der Waals surface area contributed by atoms with E-state index in [2.05, 4.69) is 17.4 Å². The molecule has 1 saturated carbocycles. The molecule has 2 nitrogen and oxygen atoms in total. The second kappa shape index (κ2) is 4.81. The van der Waals surface area contributed by atoms with Crippen LogP contribution in [0.3, 0.4) is 0 Å². The topological polar surface area (TPSA) is 32.3 Å². The van der Waals surface area contributed by atoms with Crippen molar-refractivity contribution in [1.82, 2.24) is 5.32 Å². The summed E-state index contributed by atoms with van der Waals surface area (Å²) in [6.45, 7) is 0. The largest absolute Gasteiger partial charge is 0.393 e. The zero-order valence-corrected chi connectivity index (χ0v) is 11.1. The number of hydrogen-bond donors (Lipinski definition) is 2. The molecule has 92 valence electrons. The van der Waals surface area contributed by atoms with Crippen LogP contribution in [0.25, 0.3) is 0 Å². The molecule has 1 atom stereocenters. The first kappa shape index (κ1) is 11.8. The van der Waals surface area contributed by atoms with E-state index in [9.17, 15) is 5.11 Å². The van der Waals surface area contributed by atoms with Gasteiger partial charge >= 0.3 is 0 Å². The Morgan fingerprint density at radius 3 is 2.94 bits per heavy atom. The van der Waals surface area contributed by atoms with Crippen LogP contribution in [0.2, 0.25) is 5.02 Å². The molecular formula is C13H16ClNOS. The molecule has 1 aliphatic heterocycles. The number of hydrogen-bond acceptors (Lipinski definition) is 3. The molecule has 0 bridgehead atoms. The molecule has 1 aromatic rings. The molecule has 0 saturated heterocycles. The number of thioether (sulfide) groups is 1. The first-order chi connectivity index (χ1) is 8.22. The summed E-state index contributed by atoms with van der Waals surface area (Å²) in [6, 6.07) is 7.04. The summed E-state index contributed by atoms with van der Waals surface area (Å²) in [5, 5.41) is 13.8. The highest BCUT2D eigenvalue weighted by Gasteiger charge is 2.31. The van der Waals surface area contributed by atoms with Crippen molar-refractivity contribution in [2.24, 2.45) is 0 Å². The summed E-state index contributed by atoms with van der Waals surface area (Å²) in [7, 11) is 0. The highest BCUT2D eigenvalue weighted by atomic mass is 35.5. The van der Waals surface area contributed by atoms with E-state index in [-0.39, 0.29) is 6.10 Å². The maximum absolute atomic E-state index is 9.32. The molecule has 2 aliphatic rings. The van der Waals surface area contributed by atoms with Crippen LogP contribution < -0.4 is 5.32 Å². The van der Waals surface area contributed by atoms with Gasteiger partial charge in [0.25, 0.3) is 0 Å². The van der Waals surface area contributed by atoms with Crippen LogP contribution in [0.4, 0.5) is 0 Å². The SMILES string of the molecule is OC1CC(NC2CCSc3ccc(Cl)cc32)C1. The minimum Gasteiger partial charge on any atom is -0.393 e. The molecule has 1 fully saturated rings. The predicted octanol–water partition coefficient (Wildman–Crippen LogP) is 2.99. The van der Waals surface area contributed by atoms with Crippen LogP contribution in [-0.2, 0) is 0 Å². The molecule has 3 rings (SSSR count). The van der Waals surface area contributed by atoms with Gasteiger partial charge in [-0.05, 0) is 48.8 Å². The van der Waals surface area contributed by atoms with E-state index in [4.69, 9.17) is 11.6 Å². The third-order valence-corrected chi connectivity index (χ3v) is 4.92. The second-order valence-corrected chi connectivity index (χ2v) is 6.43. The standard InChI is InChI=1S/C13H16ClNOS/c14-8-1-2-13-11(5-8)12(3-4-17-13)15-9-6-10(16)7-9/h1-2,5,9-10,12,15-16H,3-4,6-7H2. The first-order valence-electron chi connectivity index (χ1n) is 6.09. The van der Waals surface area contributed by atoms with E-state index in [1.54, 1.807) is 0 Å². The fraction of sp³-hybridized carbons (Fsp3) is 0.538. The highest BCUT2D eigenvalue weighted by Crippen LogP contribution is 2.38. The van der Waals surface area contributed by atoms with E-state index in [0.29, 0.717) is 12.1 Å². The summed E-state index contributed by atoms with van der Waals surface area (Å²) < 4.78 is 0. The van der Waals surface area contributed by atoms with E-state index in [1.165, 1.54) is 10.5 Å². The molecule has 0 radical (unpaired) electrons. The lowest BCUT2D eigenvalue weighted by Gasteiger charge is -2.37. The third-order valence-electron chi connectivity index (χ3n) is 3.56. The zero-order chi connectivity index (χ0) is 11.8. The van der Waals surface area contributed by atoms with E-state index in [1.807, 2.05) is 17.8 Å². The van der Waals surface area contributed by atoms with E-state index in [0.717, 1.165) is 30.0 Å². The third kappa shape index (κ3) is 2.48. The van der Waals surface area contributed by atoms with Crippen molar-refractivity contribution < 1.29 is 5.11 Å². The van der Waals surface area contributed by atoms with Crippen LogP contribution in [0, 0.1) is 0 Å². The van der Waals surface area contributed by atoms with Crippen molar-refractivity contribution in [3.63, 3.8) is 0 Å². The molecular weight excluding hydrogens is 254 g/mol. The van der Waals surface area contributed by atoms with Crippen molar-refractivity contribution in [3.8, 4) is 0 Å². The van der Waals surface area contributed by atoms with Gasteiger partial charge in [-0.3, -0.25) is 0 Å². The summed E-state index contributed by atoms with van der Waals surface area (Å²) in [5.41, 5.74) is 1.33. The molecule has 1 heterocycles. The quantitative estimate of drug-likeness (QED) is 0.866. The fourth-order valence-electron chi connectivity index (χ4n) is 2.55. The molecule has 17 heavy (non-hydrogen) atoms. The van der Waals surface area contributed by atoms with Crippen molar-refractivity contribution in [3.05, 3.63) is 28.8 Å². The van der Waals surface area contributed by atoms with Gasteiger partial charge in [-0.15, -0.1) is 11.8 Å². The maximum Gasteiger partial charge on any atom is 0.0570 e. The van der Waals surface area contributed by atoms with Crippen molar-refractivity contribution in [1.29, 1.82) is 0 Å². The predicted molar refractivity (Wildman–Crippen MR) is 71.7 cm³/mol. The number of nitrogens with one attached hydrogen (secondary N) is 1. The van der Waals surface area contributed by atoms with Crippen LogP contribution in [-0.4, -0.2) is 23.0 Å². The number of halogens is 1. The monoisotopic (exact) mass is 269 g/mol. The fourth-order valence-corrected chi connectivity index (χ4v) is 3.83. The normalized spacial score (nSPS) is 31.8. The molecule has 2 N–H and O–H groups in total. The van der Waals surface area contributed by atoms with Crippen LogP contribution in [0.15, 0.2) is 23.1 Å². The molecule has 4 heteroatoms. The number of aliphatic hydroxyl groups is 1. The van der Waals surface area contributed by atoms with E-state index < -0.39 is 0 Å². The molecule has 1 unspecified atom stereocenters. The van der Waals surface area contributed by atoms with Crippen LogP contribution >= 0.6 is 23.4 Å². The van der Waals surface area contributed by atoms with Gasteiger partial charge in [0.1, 0.15) is 0 Å². The molecule has 0 spiro atoms. The number of benzene rings is 1. The number of fused-ring (bicyclic) bond motifs is 1. The lowest BCUT2D eigenvalue weighted by Crippen LogP contribution is -2.46. The Labute approximate surface area is 111 Å². The Morgan fingerprint density at radius 1 is 1.35 bits per heavy atom. The summed E-state index contributed by atoms with van der Waals surface area (Å²) in [5.74, 6) is 1.15. The van der Waals surface area contributed by atoms with Gasteiger partial charge < -0.3 is 10.4 Å². The number of rotatable bonds is 2. The Kier molecular flexibility index (Phi) is 3.35. The summed E-state index contributed by atoms with van der Waals surface area (Å²) in [4.78, 5) is 1.35. The highest BCUT2D eigenvalue weighted by molar-refractivity contribution is 7.99. The first-order valence-corrected chi connectivity index (χ1v) is 7.45. The van der Waals surface area contributed by atoms with Gasteiger partial charge in [0, 0.05) is 22.0 Å². The van der Waals surface area contributed by atoms with Gasteiger partial charge in [-0.2, -0.15) is 0 Å². The Hall–Kier alpha value is -0.220. The van der Waals surface area contributed by atoms with Crippen molar-refractivity contribution >= 4 is 23.4 Å². The average Bonchev–Trinajstić information content (AvgIpc) is 2.28. The van der Waals surface area contributed by atoms with Gasteiger partial charge in [0.2, 0.25) is 0 Å². The Morgan fingerprint density at radius 2 is 2.18 bits per heavy atom. The van der Waals surface area contributed by atoms with Gasteiger partial charge in [0.05, 0.1) is 6.10 Å². The zero-order valence-electron chi connectivity index (χ0n) is 9.53. The van der Waals surface area contributed by atoms with Crippen LogP contribution in [0.1, 0.15) is 30.9 Å². The minimum atomic E-state index is -0.0932. The smallest absolute Gasteiger partial charge is 0.0570 e. The Balaban J connectivity index is 1.76. The van der Waals surface area contributed by atoms with Gasteiger partial charge in [0.15, 0.2) is 0 Å². The second-order valence-electron chi connectivity index (χ2n) is 4.86. The minimum absolute atomic E-state index is 0.0932. The van der Waals surface area contributed by atoms with Crippen molar-refractivity contribution in [2.75, 3.05) is 5.75 Å². The Bertz CT molecular complexity index is 420. The lowest BCUT2D eigenvalue weighted by atomic mass is 9.88.